The van der Waals surface area contributed by atoms with E-state index in [4.69, 9.17) is 16.9 Å². The number of hydrogen-bond acceptors (Lipinski definition) is 3. The van der Waals surface area contributed by atoms with Crippen LogP contribution in [0.25, 0.3) is 0 Å². The monoisotopic (exact) mass is 223 g/mol. The van der Waals surface area contributed by atoms with Crippen LogP contribution < -0.4 is 0 Å². The zero-order chi connectivity index (χ0) is 11.4. The Morgan fingerprint density at radius 2 is 2.27 bits per heavy atom. The summed E-state index contributed by atoms with van der Waals surface area (Å²) in [5.41, 5.74) is 1.31. The summed E-state index contributed by atoms with van der Waals surface area (Å²) in [5, 5.41) is 9.15. The maximum absolute atomic E-state index is 11.4. The van der Waals surface area contributed by atoms with E-state index < -0.39 is 5.97 Å². The van der Waals surface area contributed by atoms with Gasteiger partial charge < -0.3 is 4.74 Å². The quantitative estimate of drug-likeness (QED) is 0.724. The first kappa shape index (κ1) is 11.5. The normalized spacial score (nSPS) is 9.47. The van der Waals surface area contributed by atoms with Crippen LogP contribution in [-0.2, 0) is 11.2 Å². The molecule has 0 heterocycles. The minimum absolute atomic E-state index is 0.138. The van der Waals surface area contributed by atoms with E-state index in [9.17, 15) is 4.79 Å². The molecule has 0 amide bonds. The lowest BCUT2D eigenvalue weighted by Crippen LogP contribution is -2.06. The van der Waals surface area contributed by atoms with Gasteiger partial charge in [-0.3, -0.25) is 0 Å². The van der Waals surface area contributed by atoms with Crippen LogP contribution in [0.15, 0.2) is 12.1 Å². The number of halogens is 1. The van der Waals surface area contributed by atoms with E-state index in [1.54, 1.807) is 12.1 Å². The number of carbonyl (C=O) groups is 1. The number of rotatable bonds is 2. The SMILES string of the molecule is CCc1cc(Cl)c(C(=O)OC)c(C#N)c1. The fourth-order valence-electron chi connectivity index (χ4n) is 1.26. The lowest BCUT2D eigenvalue weighted by molar-refractivity contribution is 0.0600. The van der Waals surface area contributed by atoms with Gasteiger partial charge in [0.25, 0.3) is 0 Å². The summed E-state index contributed by atoms with van der Waals surface area (Å²) in [6.07, 6.45) is 0.760. The Hall–Kier alpha value is -1.53. The molecule has 0 unspecified atom stereocenters. The molecule has 15 heavy (non-hydrogen) atoms. The lowest BCUT2D eigenvalue weighted by atomic mass is 10.0. The third-order valence-corrected chi connectivity index (χ3v) is 2.37. The molecule has 0 aliphatic rings. The predicted molar refractivity (Wildman–Crippen MR) is 56.9 cm³/mol. The Kier molecular flexibility index (Phi) is 3.70. The summed E-state index contributed by atoms with van der Waals surface area (Å²) in [6.45, 7) is 1.95. The van der Waals surface area contributed by atoms with Crippen LogP contribution in [0.5, 0.6) is 0 Å². The van der Waals surface area contributed by atoms with Crippen molar-refractivity contribution in [3.63, 3.8) is 0 Å². The number of esters is 1. The third kappa shape index (κ3) is 2.28. The number of nitriles is 1. The van der Waals surface area contributed by atoms with Crippen molar-refractivity contribution in [1.82, 2.24) is 0 Å². The van der Waals surface area contributed by atoms with Crippen molar-refractivity contribution in [3.05, 3.63) is 33.8 Å². The zero-order valence-corrected chi connectivity index (χ0v) is 9.26. The standard InChI is InChI=1S/C11H10ClNO2/c1-3-7-4-8(6-13)10(9(12)5-7)11(14)15-2/h4-5H,3H2,1-2H3. The Bertz CT molecular complexity index is 435. The Balaban J connectivity index is 3.39. The number of nitrogens with zero attached hydrogens (tertiary/aromatic N) is 1. The molecule has 0 radical (unpaired) electrons. The first-order chi connectivity index (χ1) is 7.13. The van der Waals surface area contributed by atoms with Crippen molar-refractivity contribution in [2.24, 2.45) is 0 Å². The molecule has 0 bridgehead atoms. The molecule has 0 spiro atoms. The van der Waals surface area contributed by atoms with Gasteiger partial charge in [-0.15, -0.1) is 0 Å². The Labute approximate surface area is 93.2 Å². The first-order valence-electron chi connectivity index (χ1n) is 4.44. The number of benzene rings is 1. The predicted octanol–water partition coefficient (Wildman–Crippen LogP) is 2.56. The number of methoxy groups -OCH3 is 1. The molecular formula is C11H10ClNO2. The topological polar surface area (TPSA) is 50.1 Å². The molecule has 0 N–H and O–H groups in total. The van der Waals surface area contributed by atoms with Crippen LogP contribution in [0.3, 0.4) is 0 Å². The van der Waals surface area contributed by atoms with E-state index in [1.807, 2.05) is 13.0 Å². The molecule has 78 valence electrons. The smallest absolute Gasteiger partial charge is 0.340 e. The molecule has 1 aromatic carbocycles. The minimum atomic E-state index is -0.584. The van der Waals surface area contributed by atoms with Crippen molar-refractivity contribution in [2.75, 3.05) is 7.11 Å². The maximum Gasteiger partial charge on any atom is 0.340 e. The summed E-state index contributed by atoms with van der Waals surface area (Å²) in [4.78, 5) is 11.4. The van der Waals surface area contributed by atoms with E-state index in [0.717, 1.165) is 12.0 Å². The summed E-state index contributed by atoms with van der Waals surface area (Å²) in [6, 6.07) is 5.27. The van der Waals surface area contributed by atoms with Gasteiger partial charge >= 0.3 is 5.97 Å². The number of aryl methyl sites for hydroxylation is 1. The van der Waals surface area contributed by atoms with E-state index in [-0.39, 0.29) is 16.1 Å². The summed E-state index contributed by atoms with van der Waals surface area (Å²) < 4.78 is 4.56. The minimum Gasteiger partial charge on any atom is -0.465 e. The van der Waals surface area contributed by atoms with Gasteiger partial charge in [0.1, 0.15) is 6.07 Å². The summed E-state index contributed by atoms with van der Waals surface area (Å²) in [7, 11) is 1.26. The molecule has 0 aromatic heterocycles. The second-order valence-electron chi connectivity index (χ2n) is 2.96. The molecule has 4 heteroatoms. The molecule has 0 atom stereocenters. The summed E-state index contributed by atoms with van der Waals surface area (Å²) >= 11 is 5.91. The van der Waals surface area contributed by atoms with Gasteiger partial charge in [0.15, 0.2) is 0 Å². The highest BCUT2D eigenvalue weighted by atomic mass is 35.5. The van der Waals surface area contributed by atoms with E-state index in [0.29, 0.717) is 0 Å². The number of ether oxygens (including phenoxy) is 1. The molecule has 0 saturated heterocycles. The molecule has 3 nitrogen and oxygen atoms in total. The van der Waals surface area contributed by atoms with Gasteiger partial charge in [-0.05, 0) is 24.1 Å². The van der Waals surface area contributed by atoms with E-state index in [2.05, 4.69) is 4.74 Å². The van der Waals surface area contributed by atoms with Gasteiger partial charge in [-0.25, -0.2) is 4.79 Å². The second-order valence-corrected chi connectivity index (χ2v) is 3.36. The molecule has 0 saturated carbocycles. The van der Waals surface area contributed by atoms with Crippen LogP contribution >= 0.6 is 11.6 Å². The van der Waals surface area contributed by atoms with Gasteiger partial charge in [0.05, 0.1) is 23.3 Å². The lowest BCUT2D eigenvalue weighted by Gasteiger charge is -2.06. The van der Waals surface area contributed by atoms with Crippen molar-refractivity contribution in [3.8, 4) is 6.07 Å². The van der Waals surface area contributed by atoms with Crippen LogP contribution in [0.2, 0.25) is 5.02 Å². The first-order valence-corrected chi connectivity index (χ1v) is 4.82. The summed E-state index contributed by atoms with van der Waals surface area (Å²) in [5.74, 6) is -0.584. The van der Waals surface area contributed by atoms with Crippen molar-refractivity contribution in [2.45, 2.75) is 13.3 Å². The van der Waals surface area contributed by atoms with Gasteiger partial charge in [0.2, 0.25) is 0 Å². The molecule has 1 aromatic rings. The van der Waals surface area contributed by atoms with Crippen LogP contribution in [0, 0.1) is 11.3 Å². The molecule has 0 aliphatic carbocycles. The molecule has 1 rings (SSSR count). The largest absolute Gasteiger partial charge is 0.465 e. The molecule has 0 fully saturated rings. The average Bonchev–Trinajstić information content (AvgIpc) is 2.26. The molecule has 0 aliphatic heterocycles. The zero-order valence-electron chi connectivity index (χ0n) is 8.50. The van der Waals surface area contributed by atoms with Crippen molar-refractivity contribution in [1.29, 1.82) is 5.26 Å². The fourth-order valence-corrected chi connectivity index (χ4v) is 1.58. The second kappa shape index (κ2) is 4.81. The third-order valence-electron chi connectivity index (χ3n) is 2.07. The van der Waals surface area contributed by atoms with Crippen LogP contribution in [-0.4, -0.2) is 13.1 Å². The Morgan fingerprint density at radius 1 is 1.60 bits per heavy atom. The fraction of sp³-hybridized carbons (Fsp3) is 0.273. The average molecular weight is 224 g/mol. The van der Waals surface area contributed by atoms with Crippen LogP contribution in [0.4, 0.5) is 0 Å². The Morgan fingerprint density at radius 3 is 2.73 bits per heavy atom. The van der Waals surface area contributed by atoms with E-state index in [1.165, 1.54) is 7.11 Å². The van der Waals surface area contributed by atoms with Gasteiger partial charge in [-0.2, -0.15) is 5.26 Å². The molecular weight excluding hydrogens is 214 g/mol. The van der Waals surface area contributed by atoms with E-state index >= 15 is 0 Å². The maximum atomic E-state index is 11.4. The van der Waals surface area contributed by atoms with Crippen molar-refractivity contribution < 1.29 is 9.53 Å². The van der Waals surface area contributed by atoms with Crippen molar-refractivity contribution >= 4 is 17.6 Å². The highest BCUT2D eigenvalue weighted by molar-refractivity contribution is 6.34. The van der Waals surface area contributed by atoms with Crippen LogP contribution in [0.1, 0.15) is 28.4 Å². The highest BCUT2D eigenvalue weighted by Gasteiger charge is 2.16. The number of hydrogen-bond donors (Lipinski definition) is 0. The van der Waals surface area contributed by atoms with Gasteiger partial charge in [-0.1, -0.05) is 18.5 Å². The highest BCUT2D eigenvalue weighted by Crippen LogP contribution is 2.23. The van der Waals surface area contributed by atoms with Gasteiger partial charge in [0, 0.05) is 0 Å². The number of carbonyl (C=O) groups excluding carboxylic acids is 1.